The molecule has 2 aliphatic rings. The molecule has 7 nitrogen and oxygen atoms in total. The van der Waals surface area contributed by atoms with Crippen molar-refractivity contribution in [2.45, 2.75) is 19.9 Å². The number of nitrogens with zero attached hydrogens (tertiary/aromatic N) is 5. The van der Waals surface area contributed by atoms with Crippen molar-refractivity contribution in [3.63, 3.8) is 0 Å². The molecule has 1 saturated heterocycles. The molecule has 3 aromatic rings. The maximum Gasteiger partial charge on any atom is 0.273 e. The Balaban J connectivity index is 1.29. The number of benzene rings is 1. The Morgan fingerprint density at radius 2 is 1.90 bits per heavy atom. The molecule has 1 atom stereocenters. The van der Waals surface area contributed by atoms with Gasteiger partial charge in [-0.1, -0.05) is 29.8 Å². The number of para-hydroxylation sites is 1. The number of hydrogen-bond donors (Lipinski definition) is 0. The van der Waals surface area contributed by atoms with Gasteiger partial charge >= 0.3 is 0 Å². The minimum Gasteiger partial charge on any atom is -0.338 e. The van der Waals surface area contributed by atoms with Crippen molar-refractivity contribution >= 4 is 23.4 Å². The number of carbonyl (C=O) groups excluding carboxylic acids is 2. The largest absolute Gasteiger partial charge is 0.338 e. The molecule has 2 amide bonds. The lowest BCUT2D eigenvalue weighted by Crippen LogP contribution is -2.54. The normalized spacial score (nSPS) is 18.3. The van der Waals surface area contributed by atoms with Gasteiger partial charge in [-0.2, -0.15) is 5.10 Å². The molecule has 5 rings (SSSR count). The van der Waals surface area contributed by atoms with Gasteiger partial charge in [0.15, 0.2) is 0 Å². The summed E-state index contributed by atoms with van der Waals surface area (Å²) in [4.78, 5) is 33.6. The van der Waals surface area contributed by atoms with Gasteiger partial charge < -0.3 is 9.80 Å². The lowest BCUT2D eigenvalue weighted by molar-refractivity contribution is 0.0361. The van der Waals surface area contributed by atoms with Gasteiger partial charge in [0.25, 0.3) is 11.8 Å². The van der Waals surface area contributed by atoms with Gasteiger partial charge in [-0.25, -0.2) is 9.67 Å². The fourth-order valence-corrected chi connectivity index (χ4v) is 4.64. The van der Waals surface area contributed by atoms with Gasteiger partial charge in [0.1, 0.15) is 10.8 Å². The van der Waals surface area contributed by atoms with E-state index in [1.54, 1.807) is 21.7 Å². The molecule has 0 saturated carbocycles. The first-order valence-electron chi connectivity index (χ1n) is 10.3. The number of aryl methyl sites for hydroxylation is 1. The maximum absolute atomic E-state index is 13.3. The van der Waals surface area contributed by atoms with E-state index in [0.717, 1.165) is 16.9 Å². The van der Waals surface area contributed by atoms with Crippen LogP contribution >= 0.6 is 11.6 Å². The molecule has 1 unspecified atom stereocenters. The maximum atomic E-state index is 13.3. The Kier molecular flexibility index (Phi) is 4.78. The smallest absolute Gasteiger partial charge is 0.273 e. The highest BCUT2D eigenvalue weighted by Crippen LogP contribution is 2.38. The number of fused-ring (bicyclic) bond motifs is 1. The molecule has 2 aromatic heterocycles. The third kappa shape index (κ3) is 3.29. The Hall–Kier alpha value is -3.19. The highest BCUT2D eigenvalue weighted by molar-refractivity contribution is 6.29. The average Bonchev–Trinajstić information content (AvgIpc) is 3.21. The summed E-state index contributed by atoms with van der Waals surface area (Å²) in [6.07, 6.45) is 1.50. The topological polar surface area (TPSA) is 71.3 Å². The fourth-order valence-electron chi connectivity index (χ4n) is 4.52. The summed E-state index contributed by atoms with van der Waals surface area (Å²) in [6.45, 7) is 5.87. The van der Waals surface area contributed by atoms with E-state index in [2.05, 4.69) is 17.0 Å². The van der Waals surface area contributed by atoms with Gasteiger partial charge in [0.05, 0.1) is 23.0 Å². The minimum absolute atomic E-state index is 0.00127. The monoisotopic (exact) mass is 435 g/mol. The molecule has 31 heavy (non-hydrogen) atoms. The number of carbonyl (C=O) groups is 2. The molecule has 1 fully saturated rings. The van der Waals surface area contributed by atoms with Crippen LogP contribution < -0.4 is 0 Å². The van der Waals surface area contributed by atoms with E-state index in [4.69, 9.17) is 11.6 Å². The van der Waals surface area contributed by atoms with Gasteiger partial charge in [0.2, 0.25) is 0 Å². The lowest BCUT2D eigenvalue weighted by atomic mass is 9.97. The third-order valence-electron chi connectivity index (χ3n) is 6.13. The van der Waals surface area contributed by atoms with E-state index in [1.807, 2.05) is 42.2 Å². The molecule has 4 heterocycles. The van der Waals surface area contributed by atoms with Crippen molar-refractivity contribution in [1.82, 2.24) is 24.6 Å². The molecule has 158 valence electrons. The lowest BCUT2D eigenvalue weighted by Gasteiger charge is -2.41. The van der Waals surface area contributed by atoms with Crippen molar-refractivity contribution in [1.29, 1.82) is 0 Å². The molecule has 8 heteroatoms. The second-order valence-corrected chi connectivity index (χ2v) is 8.56. The van der Waals surface area contributed by atoms with E-state index in [9.17, 15) is 9.59 Å². The average molecular weight is 436 g/mol. The summed E-state index contributed by atoms with van der Waals surface area (Å²) in [7, 11) is 0. The van der Waals surface area contributed by atoms with Crippen LogP contribution in [0.1, 0.15) is 45.1 Å². The zero-order valence-corrected chi connectivity index (χ0v) is 18.1. The second-order valence-electron chi connectivity index (χ2n) is 8.17. The highest BCUT2D eigenvalue weighted by atomic mass is 35.5. The number of rotatable bonds is 4. The predicted octanol–water partition coefficient (Wildman–Crippen LogP) is 3.52. The van der Waals surface area contributed by atoms with Crippen molar-refractivity contribution in [3.05, 3.63) is 76.3 Å². The van der Waals surface area contributed by atoms with Crippen molar-refractivity contribution in [3.8, 4) is 5.69 Å². The Labute approximate surface area is 185 Å². The van der Waals surface area contributed by atoms with Gasteiger partial charge in [-0.3, -0.25) is 9.59 Å². The summed E-state index contributed by atoms with van der Waals surface area (Å²) >= 11 is 5.80. The second kappa shape index (κ2) is 7.50. The van der Waals surface area contributed by atoms with Crippen LogP contribution in [0.25, 0.3) is 5.69 Å². The Morgan fingerprint density at radius 1 is 1.16 bits per heavy atom. The molecule has 0 bridgehead atoms. The summed E-state index contributed by atoms with van der Waals surface area (Å²) < 4.78 is 1.76. The van der Waals surface area contributed by atoms with Gasteiger partial charge in [-0.15, -0.1) is 0 Å². The van der Waals surface area contributed by atoms with Crippen LogP contribution in [-0.4, -0.2) is 56.0 Å². The Morgan fingerprint density at radius 3 is 2.58 bits per heavy atom. The molecular formula is C23H22ClN5O2. The predicted molar refractivity (Wildman–Crippen MR) is 116 cm³/mol. The van der Waals surface area contributed by atoms with Crippen LogP contribution in [0.5, 0.6) is 0 Å². The van der Waals surface area contributed by atoms with Crippen LogP contribution in [0.15, 0.2) is 48.7 Å². The van der Waals surface area contributed by atoms with Crippen LogP contribution in [-0.2, 0) is 0 Å². The third-order valence-corrected chi connectivity index (χ3v) is 6.35. The van der Waals surface area contributed by atoms with Gasteiger partial charge in [-0.05, 0) is 38.1 Å². The number of pyridine rings is 1. The molecule has 0 spiro atoms. The summed E-state index contributed by atoms with van der Waals surface area (Å²) in [6, 6.07) is 13.0. The Bertz CT molecular complexity index is 1150. The SMILES string of the molecule is Cc1nn(-c2ccccc2)c2c1C(C)N(CC1CN(C(=O)c3ccc(Cl)nc3)C1)C2=O. The van der Waals surface area contributed by atoms with Crippen molar-refractivity contribution in [2.24, 2.45) is 5.92 Å². The first-order valence-corrected chi connectivity index (χ1v) is 10.7. The fraction of sp³-hybridized carbons (Fsp3) is 0.304. The van der Waals surface area contributed by atoms with Gasteiger partial charge in [0, 0.05) is 37.3 Å². The first-order chi connectivity index (χ1) is 14.9. The highest BCUT2D eigenvalue weighted by Gasteiger charge is 2.42. The molecule has 0 radical (unpaired) electrons. The molecule has 2 aliphatic heterocycles. The molecule has 0 N–H and O–H groups in total. The van der Waals surface area contributed by atoms with Crippen LogP contribution in [0.2, 0.25) is 5.15 Å². The summed E-state index contributed by atoms with van der Waals surface area (Å²) in [5, 5.41) is 4.99. The summed E-state index contributed by atoms with van der Waals surface area (Å²) in [5.41, 5.74) is 3.93. The van der Waals surface area contributed by atoms with Crippen LogP contribution in [0, 0.1) is 12.8 Å². The molecule has 0 aliphatic carbocycles. The van der Waals surface area contributed by atoms with Crippen LogP contribution in [0.4, 0.5) is 0 Å². The van der Waals surface area contributed by atoms with E-state index < -0.39 is 0 Å². The van der Waals surface area contributed by atoms with E-state index in [0.29, 0.717) is 36.0 Å². The zero-order chi connectivity index (χ0) is 21.7. The van der Waals surface area contributed by atoms with Crippen molar-refractivity contribution < 1.29 is 9.59 Å². The number of halogens is 1. The first kappa shape index (κ1) is 19.8. The number of aromatic nitrogens is 3. The number of hydrogen-bond acceptors (Lipinski definition) is 4. The zero-order valence-electron chi connectivity index (χ0n) is 17.3. The summed E-state index contributed by atoms with van der Waals surface area (Å²) in [5.74, 6) is 0.191. The minimum atomic E-state index is -0.0555. The quantitative estimate of drug-likeness (QED) is 0.588. The van der Waals surface area contributed by atoms with E-state index in [-0.39, 0.29) is 23.8 Å². The van der Waals surface area contributed by atoms with Crippen molar-refractivity contribution in [2.75, 3.05) is 19.6 Å². The van der Waals surface area contributed by atoms with Crippen LogP contribution in [0.3, 0.4) is 0 Å². The van der Waals surface area contributed by atoms with E-state index in [1.165, 1.54) is 6.20 Å². The molecular weight excluding hydrogens is 414 g/mol. The molecule has 1 aromatic carbocycles. The number of amides is 2. The standard InChI is InChI=1S/C23H22ClN5O2/c1-14-20-15(2)28(23(31)21(20)29(26-14)18-6-4-3-5-7-18)13-16-11-27(12-16)22(30)17-8-9-19(24)25-10-17/h3-10,15-16H,11-13H2,1-2H3. The van der Waals surface area contributed by atoms with E-state index >= 15 is 0 Å². The number of likely N-dealkylation sites (tertiary alicyclic amines) is 1.